The molecule has 0 heterocycles. The highest BCUT2D eigenvalue weighted by atomic mass is 32.2. The molecule has 0 rings (SSSR count). The van der Waals surface area contributed by atoms with E-state index < -0.39 is 16.8 Å². The van der Waals surface area contributed by atoms with E-state index in [4.69, 9.17) is 5.11 Å². The Morgan fingerprint density at radius 1 is 1.14 bits per heavy atom. The molecule has 6 nitrogen and oxygen atoms in total. The summed E-state index contributed by atoms with van der Waals surface area (Å²) < 4.78 is 10.9. The Kier molecular flexibility index (Phi) is 9.24. The first kappa shape index (κ1) is 19.9. The molecule has 2 atom stereocenters. The monoisotopic (exact) mass is 320 g/mol. The number of aliphatic carboxylic acids is 1. The van der Waals surface area contributed by atoms with Crippen LogP contribution in [0.15, 0.2) is 0 Å². The zero-order valence-electron chi connectivity index (χ0n) is 13.4. The van der Waals surface area contributed by atoms with E-state index in [1.165, 1.54) is 0 Å². The van der Waals surface area contributed by atoms with Crippen molar-refractivity contribution in [2.24, 2.45) is 11.3 Å². The molecular weight excluding hydrogens is 292 g/mol. The molecular formula is C14H28N2O4S. The minimum absolute atomic E-state index is 0.00666. The number of carbonyl (C=O) groups is 2. The number of carboxylic acid groups (broad SMARTS) is 1. The van der Waals surface area contributed by atoms with Gasteiger partial charge in [-0.05, 0) is 24.2 Å². The van der Waals surface area contributed by atoms with Crippen LogP contribution in [0.3, 0.4) is 0 Å². The molecule has 21 heavy (non-hydrogen) atoms. The Morgan fingerprint density at radius 3 is 2.19 bits per heavy atom. The summed E-state index contributed by atoms with van der Waals surface area (Å²) in [5, 5.41) is 14.2. The molecule has 0 aliphatic heterocycles. The number of amides is 2. The zero-order chi connectivity index (χ0) is 16.5. The lowest BCUT2D eigenvalue weighted by Gasteiger charge is -2.30. The number of hydrogen-bond donors (Lipinski definition) is 3. The number of nitrogens with one attached hydrogen (secondary N) is 2. The van der Waals surface area contributed by atoms with Gasteiger partial charge < -0.3 is 15.7 Å². The van der Waals surface area contributed by atoms with Crippen molar-refractivity contribution in [3.63, 3.8) is 0 Å². The van der Waals surface area contributed by atoms with Gasteiger partial charge in [-0.1, -0.05) is 20.8 Å². The number of urea groups is 1. The van der Waals surface area contributed by atoms with Crippen LogP contribution in [-0.4, -0.2) is 46.4 Å². The standard InChI is InChI=1S/C14H28N2O4S/c1-14(2,3)11(5-6-12(17)18)7-8-15-13(19)16-9-10-21(4)20/h11H,5-10H2,1-4H3,(H,17,18)(H2,15,16,19). The molecule has 0 bridgehead atoms. The van der Waals surface area contributed by atoms with E-state index >= 15 is 0 Å². The smallest absolute Gasteiger partial charge is 0.314 e. The lowest BCUT2D eigenvalue weighted by atomic mass is 9.76. The van der Waals surface area contributed by atoms with Gasteiger partial charge in [0.25, 0.3) is 0 Å². The van der Waals surface area contributed by atoms with Gasteiger partial charge in [0.05, 0.1) is 0 Å². The van der Waals surface area contributed by atoms with Crippen LogP contribution in [-0.2, 0) is 15.6 Å². The van der Waals surface area contributed by atoms with Gasteiger partial charge in [0, 0.05) is 42.3 Å². The topological polar surface area (TPSA) is 95.5 Å². The van der Waals surface area contributed by atoms with Gasteiger partial charge in [-0.3, -0.25) is 9.00 Å². The lowest BCUT2D eigenvalue weighted by Crippen LogP contribution is -2.39. The van der Waals surface area contributed by atoms with Gasteiger partial charge in [0.1, 0.15) is 0 Å². The summed E-state index contributed by atoms with van der Waals surface area (Å²) in [6.07, 6.45) is 3.09. The van der Waals surface area contributed by atoms with Gasteiger partial charge in [0.15, 0.2) is 0 Å². The molecule has 0 aromatic carbocycles. The Hall–Kier alpha value is -1.11. The summed E-state index contributed by atoms with van der Waals surface area (Å²) in [5.74, 6) is -0.115. The first-order valence-electron chi connectivity index (χ1n) is 7.16. The highest BCUT2D eigenvalue weighted by Crippen LogP contribution is 2.32. The van der Waals surface area contributed by atoms with Crippen molar-refractivity contribution in [3.8, 4) is 0 Å². The fourth-order valence-electron chi connectivity index (χ4n) is 2.04. The van der Waals surface area contributed by atoms with Gasteiger partial charge >= 0.3 is 12.0 Å². The average molecular weight is 320 g/mol. The van der Waals surface area contributed by atoms with Gasteiger partial charge in [-0.25, -0.2) is 4.79 Å². The highest BCUT2D eigenvalue weighted by molar-refractivity contribution is 7.84. The molecule has 0 radical (unpaired) electrons. The predicted molar refractivity (Wildman–Crippen MR) is 84.8 cm³/mol. The minimum Gasteiger partial charge on any atom is -0.481 e. The van der Waals surface area contributed by atoms with E-state index in [0.29, 0.717) is 25.3 Å². The van der Waals surface area contributed by atoms with Crippen LogP contribution in [0.5, 0.6) is 0 Å². The minimum atomic E-state index is -0.912. The van der Waals surface area contributed by atoms with E-state index in [1.807, 2.05) is 0 Å². The first-order valence-corrected chi connectivity index (χ1v) is 8.89. The van der Waals surface area contributed by atoms with Crippen LogP contribution >= 0.6 is 0 Å². The van der Waals surface area contributed by atoms with Crippen LogP contribution in [0.4, 0.5) is 4.79 Å². The Bertz CT molecular complexity index is 366. The van der Waals surface area contributed by atoms with Crippen molar-refractivity contribution >= 4 is 22.8 Å². The lowest BCUT2D eigenvalue weighted by molar-refractivity contribution is -0.137. The Morgan fingerprint density at radius 2 is 1.71 bits per heavy atom. The maximum Gasteiger partial charge on any atom is 0.314 e. The van der Waals surface area contributed by atoms with Crippen molar-refractivity contribution in [1.82, 2.24) is 10.6 Å². The van der Waals surface area contributed by atoms with Gasteiger partial charge in [-0.15, -0.1) is 0 Å². The van der Waals surface area contributed by atoms with E-state index in [2.05, 4.69) is 31.4 Å². The van der Waals surface area contributed by atoms with Crippen LogP contribution in [0.2, 0.25) is 0 Å². The van der Waals surface area contributed by atoms with Crippen LogP contribution in [0.1, 0.15) is 40.0 Å². The molecule has 3 N–H and O–H groups in total. The normalized spacial score (nSPS) is 14.3. The second kappa shape index (κ2) is 9.76. The quantitative estimate of drug-likeness (QED) is 0.601. The number of hydrogen-bond acceptors (Lipinski definition) is 3. The summed E-state index contributed by atoms with van der Waals surface area (Å²) in [7, 11) is -0.912. The second-order valence-corrected chi connectivity index (χ2v) is 7.80. The Labute approximate surface area is 129 Å². The SMILES string of the molecule is CS(=O)CCNC(=O)NCCC(CCC(=O)O)C(C)(C)C. The van der Waals surface area contributed by atoms with Crippen LogP contribution < -0.4 is 10.6 Å². The first-order chi connectivity index (χ1) is 9.62. The van der Waals surface area contributed by atoms with Crippen molar-refractivity contribution in [2.45, 2.75) is 40.0 Å². The summed E-state index contributed by atoms with van der Waals surface area (Å²) in [5.41, 5.74) is 0.00666. The fraction of sp³-hybridized carbons (Fsp3) is 0.857. The third-order valence-electron chi connectivity index (χ3n) is 3.38. The average Bonchev–Trinajstić information content (AvgIpc) is 2.31. The molecule has 0 spiro atoms. The molecule has 0 aromatic heterocycles. The highest BCUT2D eigenvalue weighted by Gasteiger charge is 2.24. The maximum atomic E-state index is 11.5. The van der Waals surface area contributed by atoms with Crippen LogP contribution in [0, 0.1) is 11.3 Å². The number of carbonyl (C=O) groups excluding carboxylic acids is 1. The van der Waals surface area contributed by atoms with Gasteiger partial charge in [-0.2, -0.15) is 0 Å². The third kappa shape index (κ3) is 11.2. The molecule has 2 unspecified atom stereocenters. The maximum absolute atomic E-state index is 11.5. The number of carboxylic acids is 1. The molecule has 0 aliphatic rings. The van der Waals surface area contributed by atoms with Crippen molar-refractivity contribution < 1.29 is 18.9 Å². The van der Waals surface area contributed by atoms with Crippen molar-refractivity contribution in [1.29, 1.82) is 0 Å². The summed E-state index contributed by atoms with van der Waals surface area (Å²) >= 11 is 0. The molecule has 0 aromatic rings. The van der Waals surface area contributed by atoms with E-state index in [9.17, 15) is 13.8 Å². The van der Waals surface area contributed by atoms with Gasteiger partial charge in [0.2, 0.25) is 0 Å². The van der Waals surface area contributed by atoms with Crippen molar-refractivity contribution in [2.75, 3.05) is 25.1 Å². The summed E-state index contributed by atoms with van der Waals surface area (Å²) in [4.78, 5) is 22.2. The van der Waals surface area contributed by atoms with Crippen molar-refractivity contribution in [3.05, 3.63) is 0 Å². The van der Waals surface area contributed by atoms with Crippen LogP contribution in [0.25, 0.3) is 0 Å². The molecule has 0 fully saturated rings. The van der Waals surface area contributed by atoms with E-state index in [-0.39, 0.29) is 23.8 Å². The molecule has 2 amide bonds. The Balaban J connectivity index is 4.04. The van der Waals surface area contributed by atoms with E-state index in [0.717, 1.165) is 6.42 Å². The molecule has 124 valence electrons. The molecule has 0 saturated carbocycles. The fourth-order valence-corrected chi connectivity index (χ4v) is 2.43. The largest absolute Gasteiger partial charge is 0.481 e. The molecule has 0 saturated heterocycles. The molecule has 7 heteroatoms. The number of rotatable bonds is 9. The summed E-state index contributed by atoms with van der Waals surface area (Å²) in [6.45, 7) is 7.13. The third-order valence-corrected chi connectivity index (χ3v) is 4.16. The summed E-state index contributed by atoms with van der Waals surface area (Å²) in [6, 6.07) is -0.272. The zero-order valence-corrected chi connectivity index (χ0v) is 14.2. The second-order valence-electron chi connectivity index (χ2n) is 6.24. The predicted octanol–water partition coefficient (Wildman–Crippen LogP) is 1.58. The molecule has 0 aliphatic carbocycles. The van der Waals surface area contributed by atoms with E-state index in [1.54, 1.807) is 6.26 Å².